The van der Waals surface area contributed by atoms with Crippen molar-refractivity contribution in [3.05, 3.63) is 34.4 Å². The lowest BCUT2D eigenvalue weighted by atomic mass is 10.1. The standard InChI is InChI=1S/C28H34FN9O3/c1-16(15-39)38-24-14-37(10-8-29)13-17(2)41-28-25(18(3)34-36(28)5)23-12-21-22(32-33-26(21)19(4)31-23)7-6-20(24)27(35-38)40-11-9-30/h6-7,12,16-17,39H,8,10-11,13-15H2,1-5H3,(H,32,33)/b7-6+/t16-,17-/m0/s1. The van der Waals surface area contributed by atoms with Gasteiger partial charge in [-0.15, -0.1) is 5.10 Å². The van der Waals surface area contributed by atoms with Gasteiger partial charge in [0.1, 0.15) is 24.4 Å². The van der Waals surface area contributed by atoms with Gasteiger partial charge >= 0.3 is 0 Å². The number of halogens is 1. The van der Waals surface area contributed by atoms with E-state index in [9.17, 15) is 14.8 Å². The third-order valence-electron chi connectivity index (χ3n) is 7.16. The van der Waals surface area contributed by atoms with Crippen molar-refractivity contribution < 1.29 is 19.0 Å². The van der Waals surface area contributed by atoms with E-state index in [2.05, 4.69) is 20.4 Å². The molecule has 5 heterocycles. The smallest absolute Gasteiger partial charge is 0.241 e. The molecule has 1 aliphatic heterocycles. The summed E-state index contributed by atoms with van der Waals surface area (Å²) in [7, 11) is 1.83. The maximum atomic E-state index is 13.8. The van der Waals surface area contributed by atoms with Crippen LogP contribution in [0.5, 0.6) is 11.8 Å². The van der Waals surface area contributed by atoms with Gasteiger partial charge in [0, 0.05) is 32.1 Å². The van der Waals surface area contributed by atoms with Gasteiger partial charge in [-0.05, 0) is 45.9 Å². The molecular weight excluding hydrogens is 529 g/mol. The average molecular weight is 564 g/mol. The first kappa shape index (κ1) is 28.3. The molecule has 0 amide bonds. The van der Waals surface area contributed by atoms with Gasteiger partial charge in [0.25, 0.3) is 0 Å². The highest BCUT2D eigenvalue weighted by atomic mass is 19.1. The number of alkyl halides is 1. The van der Waals surface area contributed by atoms with E-state index in [1.54, 1.807) is 9.36 Å². The molecular formula is C28H34FN9O3. The van der Waals surface area contributed by atoms with E-state index in [-0.39, 0.29) is 37.8 Å². The summed E-state index contributed by atoms with van der Waals surface area (Å²) < 4.78 is 29.4. The number of rotatable bonds is 6. The normalized spacial score (nSPS) is 17.3. The van der Waals surface area contributed by atoms with Gasteiger partial charge in [-0.2, -0.15) is 15.5 Å². The van der Waals surface area contributed by atoms with Gasteiger partial charge in [0.2, 0.25) is 11.8 Å². The minimum Gasteiger partial charge on any atom is -0.473 e. The minimum atomic E-state index is -0.559. The van der Waals surface area contributed by atoms with E-state index < -0.39 is 6.67 Å². The summed E-state index contributed by atoms with van der Waals surface area (Å²) in [6.45, 7) is 7.52. The fourth-order valence-electron chi connectivity index (χ4n) is 5.27. The molecule has 2 atom stereocenters. The molecule has 13 heteroatoms. The van der Waals surface area contributed by atoms with E-state index >= 15 is 0 Å². The largest absolute Gasteiger partial charge is 0.473 e. The van der Waals surface area contributed by atoms with Crippen LogP contribution in [-0.2, 0) is 13.6 Å². The Hall–Kier alpha value is -4.28. The molecule has 0 aromatic carbocycles. The second-order valence-corrected chi connectivity index (χ2v) is 10.3. The number of aromatic nitrogens is 7. The number of fused-ring (bicyclic) bond motifs is 4. The molecule has 4 aromatic heterocycles. The zero-order chi connectivity index (χ0) is 29.3. The second kappa shape index (κ2) is 11.7. The Morgan fingerprint density at radius 2 is 2.10 bits per heavy atom. The lowest BCUT2D eigenvalue weighted by Crippen LogP contribution is -2.36. The number of ether oxygens (including phenoxy) is 2. The number of nitriles is 1. The molecule has 41 heavy (non-hydrogen) atoms. The van der Waals surface area contributed by atoms with Gasteiger partial charge in [0.15, 0.2) is 6.61 Å². The number of hydrogen-bond acceptors (Lipinski definition) is 9. The Morgan fingerprint density at radius 3 is 2.83 bits per heavy atom. The minimum absolute atomic E-state index is 0.157. The summed E-state index contributed by atoms with van der Waals surface area (Å²) in [4.78, 5) is 6.78. The summed E-state index contributed by atoms with van der Waals surface area (Å²) in [5, 5.41) is 36.9. The molecule has 0 aliphatic carbocycles. The highest BCUT2D eigenvalue weighted by molar-refractivity contribution is 5.93. The van der Waals surface area contributed by atoms with Crippen molar-refractivity contribution in [2.45, 2.75) is 46.4 Å². The second-order valence-electron chi connectivity index (χ2n) is 10.3. The first-order valence-corrected chi connectivity index (χ1v) is 13.5. The van der Waals surface area contributed by atoms with Crippen LogP contribution in [0.15, 0.2) is 6.07 Å². The number of aliphatic hydroxyl groups excluding tert-OH is 1. The van der Waals surface area contributed by atoms with E-state index in [1.165, 1.54) is 0 Å². The van der Waals surface area contributed by atoms with Crippen molar-refractivity contribution in [3.63, 3.8) is 0 Å². The summed E-state index contributed by atoms with van der Waals surface area (Å²) >= 11 is 0. The maximum absolute atomic E-state index is 13.8. The number of nitrogens with one attached hydrogen (secondary N) is 1. The lowest BCUT2D eigenvalue weighted by Gasteiger charge is -2.26. The first-order chi connectivity index (χ1) is 19.7. The molecule has 216 valence electrons. The van der Waals surface area contributed by atoms with Crippen LogP contribution in [-0.4, -0.2) is 83.8 Å². The summed E-state index contributed by atoms with van der Waals surface area (Å²) in [5.41, 5.74) is 5.83. The number of hydrogen-bond donors (Lipinski definition) is 2. The number of nitrogens with zero attached hydrogens (tertiary/aromatic N) is 8. The van der Waals surface area contributed by atoms with Gasteiger partial charge < -0.3 is 14.6 Å². The van der Waals surface area contributed by atoms with Crippen molar-refractivity contribution in [2.24, 2.45) is 7.05 Å². The molecule has 0 spiro atoms. The molecule has 5 rings (SSSR count). The van der Waals surface area contributed by atoms with Crippen LogP contribution in [0.2, 0.25) is 0 Å². The fraction of sp³-hybridized carbons (Fsp3) is 0.464. The van der Waals surface area contributed by atoms with Crippen LogP contribution < -0.4 is 9.47 Å². The number of H-pyrrole nitrogens is 1. The van der Waals surface area contributed by atoms with Gasteiger partial charge in [-0.3, -0.25) is 19.7 Å². The third kappa shape index (κ3) is 5.40. The Morgan fingerprint density at radius 1 is 1.29 bits per heavy atom. The van der Waals surface area contributed by atoms with Crippen LogP contribution in [0.25, 0.3) is 34.3 Å². The Kier molecular flexibility index (Phi) is 8.05. The topological polar surface area (TPSA) is 143 Å². The molecule has 0 radical (unpaired) electrons. The lowest BCUT2D eigenvalue weighted by molar-refractivity contribution is 0.123. The molecule has 0 fully saturated rings. The zero-order valence-electron chi connectivity index (χ0n) is 23.8. The van der Waals surface area contributed by atoms with Crippen LogP contribution in [0.4, 0.5) is 4.39 Å². The van der Waals surface area contributed by atoms with Gasteiger partial charge in [-0.1, -0.05) is 0 Å². The van der Waals surface area contributed by atoms with Crippen molar-refractivity contribution in [3.8, 4) is 29.1 Å². The van der Waals surface area contributed by atoms with Crippen molar-refractivity contribution in [2.75, 3.05) is 33.0 Å². The van der Waals surface area contributed by atoms with Crippen molar-refractivity contribution in [1.29, 1.82) is 5.26 Å². The molecule has 0 saturated heterocycles. The van der Waals surface area contributed by atoms with Crippen LogP contribution in [0.1, 0.15) is 48.2 Å². The Bertz CT molecular complexity index is 1630. The van der Waals surface area contributed by atoms with Crippen molar-refractivity contribution >= 4 is 23.1 Å². The third-order valence-corrected chi connectivity index (χ3v) is 7.16. The summed E-state index contributed by atoms with van der Waals surface area (Å²) in [6.07, 6.45) is 3.39. The predicted molar refractivity (Wildman–Crippen MR) is 151 cm³/mol. The van der Waals surface area contributed by atoms with E-state index in [0.717, 1.165) is 33.5 Å². The van der Waals surface area contributed by atoms with Crippen LogP contribution in [0, 0.1) is 25.2 Å². The highest BCUT2D eigenvalue weighted by Crippen LogP contribution is 2.36. The summed E-state index contributed by atoms with van der Waals surface area (Å²) in [6, 6.07) is 3.57. The number of aryl methyl sites for hydroxylation is 3. The molecule has 4 aromatic rings. The van der Waals surface area contributed by atoms with Crippen molar-refractivity contribution in [1.82, 2.24) is 39.6 Å². The molecule has 0 unspecified atom stereocenters. The van der Waals surface area contributed by atoms with E-state index in [4.69, 9.17) is 14.5 Å². The van der Waals surface area contributed by atoms with Crippen LogP contribution in [0.3, 0.4) is 0 Å². The average Bonchev–Trinajstić information content (AvgIpc) is 3.58. The fourth-order valence-corrected chi connectivity index (χ4v) is 5.27. The van der Waals surface area contributed by atoms with Gasteiger partial charge in [0.05, 0.1) is 52.2 Å². The number of aromatic amines is 1. The SMILES string of the molecule is Cc1nn(C)c2c1-c1cc3c([nH]nc3c(C)n1)/C=C/c1c(OCC#N)nn([C@@H](C)CO)c1CN(CCF)C[C@H](C)O2. The van der Waals surface area contributed by atoms with E-state index in [0.29, 0.717) is 35.9 Å². The first-order valence-electron chi connectivity index (χ1n) is 13.5. The predicted octanol–water partition coefficient (Wildman–Crippen LogP) is 3.35. The molecule has 1 aliphatic rings. The van der Waals surface area contributed by atoms with E-state index in [1.807, 2.05) is 63.9 Å². The molecule has 0 saturated carbocycles. The number of pyridine rings is 1. The quantitative estimate of drug-likeness (QED) is 0.361. The maximum Gasteiger partial charge on any atom is 0.241 e. The molecule has 2 bridgehead atoms. The molecule has 2 N–H and O–H groups in total. The Balaban J connectivity index is 1.75. The summed E-state index contributed by atoms with van der Waals surface area (Å²) in [5.74, 6) is 0.826. The van der Waals surface area contributed by atoms with Gasteiger partial charge in [-0.25, -0.2) is 9.07 Å². The Labute approximate surface area is 237 Å². The molecule has 12 nitrogen and oxygen atoms in total. The number of aliphatic hydroxyl groups is 1. The van der Waals surface area contributed by atoms with Crippen LogP contribution >= 0.6 is 0 Å². The highest BCUT2D eigenvalue weighted by Gasteiger charge is 2.26. The monoisotopic (exact) mass is 563 g/mol. The zero-order valence-corrected chi connectivity index (χ0v) is 23.8.